The Kier molecular flexibility index (Phi) is 6.12. The largest absolute Gasteiger partial charge is 0.496 e. The Labute approximate surface area is 197 Å². The standard InChI is InChI=1S/C26H28F3N3O2/c1-33-23-9-8-21(32-13-11-30-24(32)26(27,28)29)14-22(23)20-15-25(34-17-20)10-5-12-31(18-25)16-19-6-3-2-4-7-19/h2-4,6-9,11,13-14,20H,5,10,12,15-18H2,1H3/t20-,25+/m0/s1. The molecule has 3 heterocycles. The minimum Gasteiger partial charge on any atom is -0.496 e. The smallest absolute Gasteiger partial charge is 0.450 e. The quantitative estimate of drug-likeness (QED) is 0.497. The number of aromatic nitrogens is 2. The molecule has 0 aliphatic carbocycles. The van der Waals surface area contributed by atoms with E-state index >= 15 is 0 Å². The lowest BCUT2D eigenvalue weighted by Crippen LogP contribution is -2.47. The number of piperidine rings is 1. The summed E-state index contributed by atoms with van der Waals surface area (Å²) in [5.74, 6) is -0.226. The summed E-state index contributed by atoms with van der Waals surface area (Å²) >= 11 is 0. The molecule has 0 bridgehead atoms. The number of benzene rings is 2. The van der Waals surface area contributed by atoms with Gasteiger partial charge >= 0.3 is 6.18 Å². The van der Waals surface area contributed by atoms with Crippen LogP contribution in [0.5, 0.6) is 5.75 Å². The lowest BCUT2D eigenvalue weighted by molar-refractivity contribution is -0.145. The normalized spacial score (nSPS) is 23.5. The van der Waals surface area contributed by atoms with Crippen molar-refractivity contribution in [3.05, 3.63) is 77.9 Å². The number of rotatable bonds is 5. The lowest BCUT2D eigenvalue weighted by Gasteiger charge is -2.40. The average molecular weight is 472 g/mol. The van der Waals surface area contributed by atoms with Gasteiger partial charge in [0.05, 0.1) is 19.3 Å². The van der Waals surface area contributed by atoms with E-state index in [0.717, 1.165) is 49.0 Å². The fraction of sp³-hybridized carbons (Fsp3) is 0.423. The third-order valence-electron chi connectivity index (χ3n) is 6.90. The van der Waals surface area contributed by atoms with Crippen LogP contribution in [0.25, 0.3) is 5.69 Å². The highest BCUT2D eigenvalue weighted by Crippen LogP contribution is 2.45. The highest BCUT2D eigenvalue weighted by Gasteiger charge is 2.44. The third kappa shape index (κ3) is 4.57. The van der Waals surface area contributed by atoms with Crippen molar-refractivity contribution < 1.29 is 22.6 Å². The number of ether oxygens (including phenoxy) is 2. The molecule has 2 aliphatic rings. The first-order valence-corrected chi connectivity index (χ1v) is 11.6. The SMILES string of the molecule is COc1ccc(-n2ccnc2C(F)(F)F)cc1[C@@H]1CO[C@]2(CCCN(Cc3ccccc3)C2)C1. The molecule has 3 aromatic rings. The van der Waals surface area contributed by atoms with E-state index in [1.54, 1.807) is 25.3 Å². The third-order valence-corrected chi connectivity index (χ3v) is 6.90. The lowest BCUT2D eigenvalue weighted by atomic mass is 9.83. The molecule has 2 fully saturated rings. The van der Waals surface area contributed by atoms with Gasteiger partial charge in [-0.05, 0) is 49.6 Å². The molecule has 2 aliphatic heterocycles. The van der Waals surface area contributed by atoms with Crippen LogP contribution in [0.1, 0.15) is 42.1 Å². The molecule has 5 nitrogen and oxygen atoms in total. The Balaban J connectivity index is 1.37. The highest BCUT2D eigenvalue weighted by atomic mass is 19.4. The fourth-order valence-corrected chi connectivity index (χ4v) is 5.41. The molecule has 0 saturated carbocycles. The van der Waals surface area contributed by atoms with Gasteiger partial charge in [0.25, 0.3) is 0 Å². The van der Waals surface area contributed by atoms with E-state index in [1.807, 2.05) is 6.07 Å². The number of likely N-dealkylation sites (tertiary alicyclic amines) is 1. The molecular weight excluding hydrogens is 443 g/mol. The Morgan fingerprint density at radius 3 is 2.76 bits per heavy atom. The van der Waals surface area contributed by atoms with Crippen molar-refractivity contribution in [3.63, 3.8) is 0 Å². The monoisotopic (exact) mass is 471 g/mol. The first-order valence-electron chi connectivity index (χ1n) is 11.6. The van der Waals surface area contributed by atoms with Crippen molar-refractivity contribution in [3.8, 4) is 11.4 Å². The molecule has 1 aromatic heterocycles. The van der Waals surface area contributed by atoms with Gasteiger partial charge in [-0.15, -0.1) is 0 Å². The summed E-state index contributed by atoms with van der Waals surface area (Å²) < 4.78 is 53.3. The van der Waals surface area contributed by atoms with E-state index in [4.69, 9.17) is 9.47 Å². The first kappa shape index (κ1) is 22.9. The van der Waals surface area contributed by atoms with Crippen molar-refractivity contribution in [2.24, 2.45) is 0 Å². The summed E-state index contributed by atoms with van der Waals surface area (Å²) in [6.07, 6.45) is 0.827. The van der Waals surface area contributed by atoms with Crippen LogP contribution in [0.15, 0.2) is 60.9 Å². The number of alkyl halides is 3. The molecule has 2 atom stereocenters. The Morgan fingerprint density at radius 1 is 1.18 bits per heavy atom. The molecule has 0 amide bonds. The van der Waals surface area contributed by atoms with Crippen molar-refractivity contribution in [2.45, 2.75) is 43.5 Å². The maximum absolute atomic E-state index is 13.4. The molecule has 2 aromatic carbocycles. The molecule has 0 radical (unpaired) electrons. The number of halogens is 3. The van der Waals surface area contributed by atoms with Crippen LogP contribution in [0, 0.1) is 0 Å². The average Bonchev–Trinajstić information content (AvgIpc) is 3.47. The van der Waals surface area contributed by atoms with Gasteiger partial charge in [0.2, 0.25) is 5.82 Å². The van der Waals surface area contributed by atoms with Crippen molar-refractivity contribution in [2.75, 3.05) is 26.8 Å². The first-order chi connectivity index (χ1) is 16.4. The summed E-state index contributed by atoms with van der Waals surface area (Å²) in [7, 11) is 1.59. The zero-order valence-electron chi connectivity index (χ0n) is 19.1. The number of imidazole rings is 1. The van der Waals surface area contributed by atoms with Crippen LogP contribution in [0.4, 0.5) is 13.2 Å². The van der Waals surface area contributed by atoms with Crippen LogP contribution < -0.4 is 4.74 Å². The van der Waals surface area contributed by atoms with Crippen molar-refractivity contribution >= 4 is 0 Å². The van der Waals surface area contributed by atoms with E-state index in [0.29, 0.717) is 18.0 Å². The maximum Gasteiger partial charge on any atom is 0.450 e. The second kappa shape index (κ2) is 9.07. The van der Waals surface area contributed by atoms with E-state index in [9.17, 15) is 13.2 Å². The van der Waals surface area contributed by atoms with Crippen LogP contribution in [0.2, 0.25) is 0 Å². The van der Waals surface area contributed by atoms with Gasteiger partial charge < -0.3 is 9.47 Å². The number of hydrogen-bond donors (Lipinski definition) is 0. The topological polar surface area (TPSA) is 39.5 Å². The molecule has 34 heavy (non-hydrogen) atoms. The second-order valence-corrected chi connectivity index (χ2v) is 9.24. The molecular formula is C26H28F3N3O2. The van der Waals surface area contributed by atoms with Crippen LogP contribution in [-0.2, 0) is 17.5 Å². The Bertz CT molecular complexity index is 1130. The number of methoxy groups -OCH3 is 1. The van der Waals surface area contributed by atoms with Gasteiger partial charge in [0.1, 0.15) is 5.75 Å². The summed E-state index contributed by atoms with van der Waals surface area (Å²) in [5, 5.41) is 0. The molecule has 8 heteroatoms. The van der Waals surface area contributed by atoms with Gasteiger partial charge in [-0.1, -0.05) is 30.3 Å². The van der Waals surface area contributed by atoms with E-state index in [2.05, 4.69) is 34.1 Å². The predicted molar refractivity (Wildman–Crippen MR) is 122 cm³/mol. The van der Waals surface area contributed by atoms with Gasteiger partial charge in [-0.2, -0.15) is 13.2 Å². The predicted octanol–water partition coefficient (Wildman–Crippen LogP) is 5.44. The second-order valence-electron chi connectivity index (χ2n) is 9.24. The van der Waals surface area contributed by atoms with Crippen LogP contribution in [-0.4, -0.2) is 46.9 Å². The Morgan fingerprint density at radius 2 is 2.00 bits per heavy atom. The fourth-order valence-electron chi connectivity index (χ4n) is 5.41. The van der Waals surface area contributed by atoms with Crippen molar-refractivity contribution in [1.29, 1.82) is 0 Å². The summed E-state index contributed by atoms with van der Waals surface area (Å²) in [5.41, 5.74) is 2.32. The Hall–Kier alpha value is -2.84. The molecule has 0 N–H and O–H groups in total. The van der Waals surface area contributed by atoms with Gasteiger partial charge in [-0.3, -0.25) is 9.47 Å². The highest BCUT2D eigenvalue weighted by molar-refractivity contribution is 5.47. The summed E-state index contributed by atoms with van der Waals surface area (Å²) in [4.78, 5) is 5.96. The van der Waals surface area contributed by atoms with Crippen molar-refractivity contribution in [1.82, 2.24) is 14.5 Å². The van der Waals surface area contributed by atoms with Gasteiger partial charge in [0.15, 0.2) is 0 Å². The molecule has 2 saturated heterocycles. The molecule has 180 valence electrons. The number of nitrogens with zero attached hydrogens (tertiary/aromatic N) is 3. The minimum atomic E-state index is -4.53. The van der Waals surface area contributed by atoms with E-state index in [-0.39, 0.29) is 11.5 Å². The summed E-state index contributed by atoms with van der Waals surface area (Å²) in [6.45, 7) is 3.29. The minimum absolute atomic E-state index is 0.0458. The van der Waals surface area contributed by atoms with Crippen LogP contribution in [0.3, 0.4) is 0 Å². The van der Waals surface area contributed by atoms with Gasteiger partial charge in [0, 0.05) is 42.7 Å². The van der Waals surface area contributed by atoms with Gasteiger partial charge in [-0.25, -0.2) is 4.98 Å². The summed E-state index contributed by atoms with van der Waals surface area (Å²) in [6, 6.07) is 15.6. The molecule has 5 rings (SSSR count). The maximum atomic E-state index is 13.4. The molecule has 0 unspecified atom stereocenters. The molecule has 1 spiro atoms. The number of hydrogen-bond acceptors (Lipinski definition) is 4. The zero-order chi connectivity index (χ0) is 23.8. The van der Waals surface area contributed by atoms with Crippen LogP contribution >= 0.6 is 0 Å². The zero-order valence-corrected chi connectivity index (χ0v) is 19.1. The van der Waals surface area contributed by atoms with E-state index < -0.39 is 12.0 Å². The van der Waals surface area contributed by atoms with E-state index in [1.165, 1.54) is 18.0 Å².